The van der Waals surface area contributed by atoms with E-state index in [1.54, 1.807) is 18.2 Å². The summed E-state index contributed by atoms with van der Waals surface area (Å²) in [6.45, 7) is 1.77. The van der Waals surface area contributed by atoms with Gasteiger partial charge in [-0.1, -0.05) is 29.3 Å². The number of nitrogens with one attached hydrogen (secondary N) is 1. The highest BCUT2D eigenvalue weighted by Crippen LogP contribution is 2.25. The van der Waals surface area contributed by atoms with Gasteiger partial charge in [0.1, 0.15) is 0 Å². The maximum absolute atomic E-state index is 12.0. The molecule has 0 aliphatic carbocycles. The summed E-state index contributed by atoms with van der Waals surface area (Å²) in [4.78, 5) is 12.0. The molecule has 17 heavy (non-hydrogen) atoms. The summed E-state index contributed by atoms with van der Waals surface area (Å²) in [5.74, 6) is 0.0553. The summed E-state index contributed by atoms with van der Waals surface area (Å²) in [5, 5.41) is 4.18. The van der Waals surface area contributed by atoms with E-state index in [-0.39, 0.29) is 18.2 Å². The number of benzene rings is 1. The Bertz CT molecular complexity index is 397. The summed E-state index contributed by atoms with van der Waals surface area (Å²) >= 11 is 12.0. The Morgan fingerprint density at radius 3 is 2.71 bits per heavy atom. The Morgan fingerprint density at radius 1 is 1.41 bits per heavy atom. The minimum absolute atomic E-state index is 0.0553. The zero-order valence-corrected chi connectivity index (χ0v) is 10.7. The third-order valence-electron chi connectivity index (χ3n) is 2.72. The van der Waals surface area contributed by atoms with Crippen molar-refractivity contribution in [3.8, 4) is 0 Å². The lowest BCUT2D eigenvalue weighted by atomic mass is 10.0. The first-order chi connectivity index (χ1) is 8.18. The second-order valence-corrected chi connectivity index (χ2v) is 4.74. The number of hydrogen-bond acceptors (Lipinski definition) is 3. The van der Waals surface area contributed by atoms with Crippen molar-refractivity contribution in [3.05, 3.63) is 33.8 Å². The lowest BCUT2D eigenvalue weighted by molar-refractivity contribution is -0.123. The van der Waals surface area contributed by atoms with Crippen LogP contribution in [0.2, 0.25) is 10.0 Å². The molecule has 0 saturated carbocycles. The molecule has 1 aromatic carbocycles. The van der Waals surface area contributed by atoms with Gasteiger partial charge in [-0.15, -0.1) is 0 Å². The first-order valence-corrected chi connectivity index (χ1v) is 6.21. The third-order valence-corrected chi connectivity index (χ3v) is 3.43. The summed E-state index contributed by atoms with van der Waals surface area (Å²) in [7, 11) is 0. The van der Waals surface area contributed by atoms with Crippen LogP contribution in [0.4, 0.5) is 0 Å². The van der Waals surface area contributed by atoms with Gasteiger partial charge in [-0.2, -0.15) is 0 Å². The van der Waals surface area contributed by atoms with Crippen molar-refractivity contribution in [2.24, 2.45) is 0 Å². The van der Waals surface area contributed by atoms with Gasteiger partial charge in [-0.25, -0.2) is 0 Å². The van der Waals surface area contributed by atoms with Gasteiger partial charge in [-0.05, 0) is 17.7 Å². The third kappa shape index (κ3) is 3.19. The van der Waals surface area contributed by atoms with E-state index in [1.807, 2.05) is 0 Å². The summed E-state index contributed by atoms with van der Waals surface area (Å²) in [6.07, 6.45) is 0.236. The van der Waals surface area contributed by atoms with Crippen molar-refractivity contribution in [2.45, 2.75) is 12.5 Å². The molecule has 5 heteroatoms. The van der Waals surface area contributed by atoms with Crippen LogP contribution < -0.4 is 5.32 Å². The van der Waals surface area contributed by atoms with Crippen molar-refractivity contribution in [1.82, 2.24) is 5.32 Å². The maximum Gasteiger partial charge on any atom is 0.156 e. The molecule has 1 fully saturated rings. The lowest BCUT2D eigenvalue weighted by Gasteiger charge is -2.22. The van der Waals surface area contributed by atoms with Crippen LogP contribution in [0.15, 0.2) is 18.2 Å². The standard InChI is InChI=1S/C12H13Cl2NO2/c13-9-2-1-3-10(14)8(9)6-12(16)11-7-17-5-4-15-11/h1-3,11,15H,4-7H2. The topological polar surface area (TPSA) is 38.3 Å². The van der Waals surface area contributed by atoms with Crippen LogP contribution in [0.3, 0.4) is 0 Å². The van der Waals surface area contributed by atoms with E-state index >= 15 is 0 Å². The van der Waals surface area contributed by atoms with Crippen LogP contribution in [0.1, 0.15) is 5.56 Å². The van der Waals surface area contributed by atoms with E-state index in [4.69, 9.17) is 27.9 Å². The van der Waals surface area contributed by atoms with Gasteiger partial charge in [0.05, 0.1) is 19.3 Å². The fourth-order valence-electron chi connectivity index (χ4n) is 1.77. The molecule has 0 spiro atoms. The Balaban J connectivity index is 2.07. The van der Waals surface area contributed by atoms with Crippen molar-refractivity contribution in [1.29, 1.82) is 0 Å². The van der Waals surface area contributed by atoms with E-state index in [2.05, 4.69) is 5.32 Å². The van der Waals surface area contributed by atoms with E-state index in [0.29, 0.717) is 35.4 Å². The zero-order valence-electron chi connectivity index (χ0n) is 9.21. The Morgan fingerprint density at radius 2 is 2.12 bits per heavy atom. The number of carbonyl (C=O) groups excluding carboxylic acids is 1. The van der Waals surface area contributed by atoms with E-state index in [0.717, 1.165) is 0 Å². The molecule has 1 aliphatic rings. The van der Waals surface area contributed by atoms with E-state index in [9.17, 15) is 4.79 Å². The van der Waals surface area contributed by atoms with Crippen LogP contribution in [-0.2, 0) is 16.0 Å². The van der Waals surface area contributed by atoms with Gasteiger partial charge in [0, 0.05) is 23.0 Å². The molecule has 0 aromatic heterocycles. The van der Waals surface area contributed by atoms with Gasteiger partial charge in [0.15, 0.2) is 5.78 Å². The molecule has 0 radical (unpaired) electrons. The van der Waals surface area contributed by atoms with E-state index < -0.39 is 0 Å². The van der Waals surface area contributed by atoms with Crippen LogP contribution >= 0.6 is 23.2 Å². The monoisotopic (exact) mass is 273 g/mol. The molecule has 1 heterocycles. The molecule has 0 bridgehead atoms. The average molecular weight is 274 g/mol. The number of carbonyl (C=O) groups is 1. The number of Topliss-reactive ketones (excluding diaryl/α,β-unsaturated/α-hetero) is 1. The number of ether oxygens (including phenoxy) is 1. The predicted octanol–water partition coefficient (Wildman–Crippen LogP) is 2.09. The molecular weight excluding hydrogens is 261 g/mol. The van der Waals surface area contributed by atoms with Crippen molar-refractivity contribution in [2.75, 3.05) is 19.8 Å². The van der Waals surface area contributed by atoms with Gasteiger partial charge in [0.25, 0.3) is 0 Å². The second kappa shape index (κ2) is 5.83. The number of ketones is 1. The highest BCUT2D eigenvalue weighted by molar-refractivity contribution is 6.36. The lowest BCUT2D eigenvalue weighted by Crippen LogP contribution is -2.47. The van der Waals surface area contributed by atoms with Crippen LogP contribution in [0, 0.1) is 0 Å². The van der Waals surface area contributed by atoms with Crippen LogP contribution in [-0.4, -0.2) is 31.6 Å². The first kappa shape index (κ1) is 12.8. The average Bonchev–Trinajstić information content (AvgIpc) is 2.35. The molecule has 0 amide bonds. The van der Waals surface area contributed by atoms with Crippen LogP contribution in [0.25, 0.3) is 0 Å². The largest absolute Gasteiger partial charge is 0.378 e. The van der Waals surface area contributed by atoms with Crippen molar-refractivity contribution >= 4 is 29.0 Å². The second-order valence-electron chi connectivity index (χ2n) is 3.92. The maximum atomic E-state index is 12.0. The molecule has 1 N–H and O–H groups in total. The molecule has 2 rings (SSSR count). The number of halogens is 2. The highest BCUT2D eigenvalue weighted by atomic mass is 35.5. The summed E-state index contributed by atoms with van der Waals surface area (Å²) in [5.41, 5.74) is 0.688. The fourth-order valence-corrected chi connectivity index (χ4v) is 2.30. The highest BCUT2D eigenvalue weighted by Gasteiger charge is 2.22. The van der Waals surface area contributed by atoms with Crippen LogP contribution in [0.5, 0.6) is 0 Å². The summed E-state index contributed by atoms with van der Waals surface area (Å²) < 4.78 is 5.25. The normalized spacial score (nSPS) is 20.2. The molecule has 1 atom stereocenters. The summed E-state index contributed by atoms with van der Waals surface area (Å²) in [6, 6.07) is 4.98. The fraction of sp³-hybridized carbons (Fsp3) is 0.417. The smallest absolute Gasteiger partial charge is 0.156 e. The molecule has 92 valence electrons. The minimum atomic E-state index is -0.254. The van der Waals surface area contributed by atoms with Crippen molar-refractivity contribution < 1.29 is 9.53 Å². The Labute approximate surface area is 110 Å². The predicted molar refractivity (Wildman–Crippen MR) is 67.8 cm³/mol. The van der Waals surface area contributed by atoms with Gasteiger partial charge >= 0.3 is 0 Å². The number of rotatable bonds is 3. The molecule has 1 unspecified atom stereocenters. The molecular formula is C12H13Cl2NO2. The van der Waals surface area contributed by atoms with Crippen molar-refractivity contribution in [3.63, 3.8) is 0 Å². The minimum Gasteiger partial charge on any atom is -0.378 e. The molecule has 1 aliphatic heterocycles. The molecule has 1 saturated heterocycles. The SMILES string of the molecule is O=C(Cc1c(Cl)cccc1Cl)C1COCCN1. The Kier molecular flexibility index (Phi) is 4.40. The van der Waals surface area contributed by atoms with Gasteiger partial charge < -0.3 is 10.1 Å². The number of morpholine rings is 1. The first-order valence-electron chi connectivity index (χ1n) is 5.45. The van der Waals surface area contributed by atoms with Gasteiger partial charge in [0.2, 0.25) is 0 Å². The van der Waals surface area contributed by atoms with E-state index in [1.165, 1.54) is 0 Å². The van der Waals surface area contributed by atoms with Gasteiger partial charge in [-0.3, -0.25) is 4.79 Å². The zero-order chi connectivity index (χ0) is 12.3. The Hall–Kier alpha value is -0.610. The molecule has 3 nitrogen and oxygen atoms in total. The number of hydrogen-bond donors (Lipinski definition) is 1. The quantitative estimate of drug-likeness (QED) is 0.917. The molecule has 1 aromatic rings.